The Hall–Kier alpha value is -3.83. The largest absolute Gasteiger partial charge is 0.500 e. The van der Waals surface area contributed by atoms with E-state index in [0.717, 1.165) is 28.0 Å². The molecule has 36 heavy (non-hydrogen) atoms. The molecule has 2 N–H and O–H groups in total. The molecule has 6 heterocycles. The normalized spacial score (nSPS) is 15.6. The zero-order valence-electron chi connectivity index (χ0n) is 19.5. The Morgan fingerprint density at radius 3 is 2.03 bits per heavy atom. The zero-order chi connectivity index (χ0) is 23.9. The van der Waals surface area contributed by atoms with Gasteiger partial charge in [0.2, 0.25) is 0 Å². The average Bonchev–Trinajstić information content (AvgIpc) is 3.48. The molecule has 0 bridgehead atoms. The maximum atomic E-state index is 6.00. The van der Waals surface area contributed by atoms with Crippen LogP contribution < -0.4 is 11.2 Å². The van der Waals surface area contributed by atoms with Crippen LogP contribution in [0, 0.1) is 0 Å². The highest BCUT2D eigenvalue weighted by Gasteiger charge is 2.52. The van der Waals surface area contributed by atoms with Crippen molar-refractivity contribution in [2.45, 2.75) is 53.8 Å². The third-order valence-corrected chi connectivity index (χ3v) is 6.15. The number of nitrogen functional groups attached to an aromatic ring is 1. The van der Waals surface area contributed by atoms with Gasteiger partial charge in [-0.1, -0.05) is 14.9 Å². The predicted molar refractivity (Wildman–Crippen MR) is 143 cm³/mol. The van der Waals surface area contributed by atoms with Crippen LogP contribution in [0.1, 0.15) is 42.5 Å². The Kier molecular flexibility index (Phi) is 7.47. The first-order valence-corrected chi connectivity index (χ1v) is 10.9. The molecule has 0 atom stereocenters. The van der Waals surface area contributed by atoms with Crippen LogP contribution in [0.4, 0.5) is 5.69 Å². The lowest BCUT2D eigenvalue weighted by molar-refractivity contribution is 0.00578. The van der Waals surface area contributed by atoms with Crippen molar-refractivity contribution in [1.29, 1.82) is 0 Å². The molecule has 1 aliphatic rings. The molecule has 6 rings (SSSR count). The lowest BCUT2D eigenvalue weighted by atomic mass is 9.81. The van der Waals surface area contributed by atoms with Crippen molar-refractivity contribution in [2.24, 2.45) is 0 Å². The predicted octanol–water partition coefficient (Wildman–Crippen LogP) is 3.67. The number of pyridine rings is 1. The van der Waals surface area contributed by atoms with E-state index in [1.807, 2.05) is 58.3 Å². The molecule has 0 unspecified atom stereocenters. The van der Waals surface area contributed by atoms with Gasteiger partial charge in [0.05, 0.1) is 34.9 Å². The monoisotopic (exact) mass is 488 g/mol. The van der Waals surface area contributed by atoms with Gasteiger partial charge in [-0.3, -0.25) is 4.98 Å². The molecule has 5 aromatic heterocycles. The van der Waals surface area contributed by atoms with Gasteiger partial charge in [0.15, 0.2) is 11.3 Å². The molecule has 0 aliphatic carbocycles. The second-order valence-electron chi connectivity index (χ2n) is 9.00. The fraction of sp³-hybridized carbons (Fsp3) is 0.320. The summed E-state index contributed by atoms with van der Waals surface area (Å²) in [6.07, 6.45) is 12.3. The number of fused-ring (bicyclic) bond motifs is 2. The Morgan fingerprint density at radius 2 is 1.39 bits per heavy atom. The van der Waals surface area contributed by atoms with Crippen LogP contribution in [0.2, 0.25) is 0 Å². The maximum Gasteiger partial charge on any atom is 0.500 e. The second kappa shape index (κ2) is 10.0. The van der Waals surface area contributed by atoms with Crippen molar-refractivity contribution >= 4 is 29.6 Å². The molecule has 1 aliphatic heterocycles. The van der Waals surface area contributed by atoms with Crippen LogP contribution in [0.3, 0.4) is 0 Å². The molecular formula is C25H33BN8O2. The second-order valence-corrected chi connectivity index (χ2v) is 9.00. The number of nitrogens with zero attached hydrogens (tertiary/aromatic N) is 7. The fourth-order valence-corrected chi connectivity index (χ4v) is 3.58. The highest BCUT2D eigenvalue weighted by molar-refractivity contribution is 6.64. The van der Waals surface area contributed by atoms with Crippen LogP contribution in [0.5, 0.6) is 0 Å². The Labute approximate surface area is 211 Å². The van der Waals surface area contributed by atoms with E-state index in [0.29, 0.717) is 5.69 Å². The number of rotatable bonds is 2. The highest BCUT2D eigenvalue weighted by Crippen LogP contribution is 2.36. The summed E-state index contributed by atoms with van der Waals surface area (Å²) in [5, 5.41) is 8.45. The van der Waals surface area contributed by atoms with Crippen molar-refractivity contribution in [3.8, 4) is 11.3 Å². The molecule has 0 amide bonds. The van der Waals surface area contributed by atoms with E-state index in [2.05, 4.69) is 25.1 Å². The molecule has 10 nitrogen and oxygen atoms in total. The summed E-state index contributed by atoms with van der Waals surface area (Å²) < 4.78 is 15.4. The Bertz CT molecular complexity index is 1450. The van der Waals surface area contributed by atoms with E-state index in [1.54, 1.807) is 46.1 Å². The van der Waals surface area contributed by atoms with Crippen molar-refractivity contribution in [3.05, 3.63) is 67.6 Å². The van der Waals surface area contributed by atoms with Gasteiger partial charge in [-0.2, -0.15) is 10.2 Å². The fourth-order valence-electron chi connectivity index (χ4n) is 3.58. The minimum atomic E-state index is -0.414. The third kappa shape index (κ3) is 4.80. The molecule has 11 heteroatoms. The lowest BCUT2D eigenvalue weighted by Crippen LogP contribution is -2.41. The average molecular weight is 488 g/mol. The van der Waals surface area contributed by atoms with Crippen LogP contribution in [-0.2, 0) is 9.31 Å². The van der Waals surface area contributed by atoms with Crippen molar-refractivity contribution < 1.29 is 9.31 Å². The van der Waals surface area contributed by atoms with Gasteiger partial charge in [-0.25, -0.2) is 19.0 Å². The van der Waals surface area contributed by atoms with E-state index >= 15 is 0 Å². The first-order valence-electron chi connectivity index (χ1n) is 10.9. The van der Waals surface area contributed by atoms with Gasteiger partial charge < -0.3 is 15.0 Å². The lowest BCUT2D eigenvalue weighted by Gasteiger charge is -2.32. The number of hydrogen-bond acceptors (Lipinski definition) is 8. The molecule has 1 saturated heterocycles. The van der Waals surface area contributed by atoms with Crippen LogP contribution in [0.25, 0.3) is 22.6 Å². The summed E-state index contributed by atoms with van der Waals surface area (Å²) >= 11 is 0. The van der Waals surface area contributed by atoms with E-state index in [4.69, 9.17) is 15.0 Å². The van der Waals surface area contributed by atoms with E-state index in [9.17, 15) is 0 Å². The molecule has 5 aromatic rings. The van der Waals surface area contributed by atoms with E-state index in [-0.39, 0.29) is 26.1 Å². The first kappa shape index (κ1) is 26.8. The standard InChI is InChI=1S/C12H16BN3O2.C11H9N5.2CH4/c1-11(2)12(3,4)18-13(17-11)9-8-15-16-7-5-6-14-10(9)16;12-8-2-4-13-10(6-8)9-7-15-16-5-1-3-14-11(9)16;;/h5-8H,1-4H3;1-7H,(H2,12,13);2*1H4. The summed E-state index contributed by atoms with van der Waals surface area (Å²) in [5.41, 5.74) is 9.80. The summed E-state index contributed by atoms with van der Waals surface area (Å²) in [7, 11) is -0.414. The Morgan fingerprint density at radius 1 is 0.806 bits per heavy atom. The van der Waals surface area contributed by atoms with Crippen molar-refractivity contribution in [2.75, 3.05) is 5.73 Å². The molecule has 0 radical (unpaired) electrons. The summed E-state index contributed by atoms with van der Waals surface area (Å²) in [6.45, 7) is 8.14. The molecule has 188 valence electrons. The van der Waals surface area contributed by atoms with Crippen LogP contribution in [0.15, 0.2) is 67.6 Å². The van der Waals surface area contributed by atoms with Crippen molar-refractivity contribution in [3.63, 3.8) is 0 Å². The quantitative estimate of drug-likeness (QED) is 0.374. The van der Waals surface area contributed by atoms with Crippen LogP contribution in [-0.4, -0.2) is 52.5 Å². The van der Waals surface area contributed by atoms with Gasteiger partial charge in [-0.15, -0.1) is 0 Å². The molecular weight excluding hydrogens is 455 g/mol. The highest BCUT2D eigenvalue weighted by atomic mass is 16.7. The smallest absolute Gasteiger partial charge is 0.399 e. The molecule has 1 fully saturated rings. The topological polar surface area (TPSA) is 118 Å². The first-order chi connectivity index (χ1) is 16.2. The SMILES string of the molecule is C.C.CC1(C)OB(c2cnn3cccnc23)OC1(C)C.Nc1ccnc(-c2cnn3cccnc23)c1. The van der Waals surface area contributed by atoms with Gasteiger partial charge in [0, 0.05) is 42.1 Å². The molecule has 0 saturated carbocycles. The summed E-state index contributed by atoms with van der Waals surface area (Å²) in [6, 6.07) is 7.24. The van der Waals surface area contributed by atoms with Gasteiger partial charge >= 0.3 is 7.12 Å². The van der Waals surface area contributed by atoms with E-state index < -0.39 is 7.12 Å². The van der Waals surface area contributed by atoms with Crippen molar-refractivity contribution in [1.82, 2.24) is 34.2 Å². The number of anilines is 1. The minimum Gasteiger partial charge on any atom is -0.399 e. The number of aromatic nitrogens is 7. The third-order valence-electron chi connectivity index (χ3n) is 6.15. The van der Waals surface area contributed by atoms with Gasteiger partial charge in [-0.05, 0) is 52.0 Å². The number of hydrogen-bond donors (Lipinski definition) is 1. The zero-order valence-corrected chi connectivity index (χ0v) is 19.5. The maximum absolute atomic E-state index is 6.00. The van der Waals surface area contributed by atoms with Gasteiger partial charge in [0.25, 0.3) is 0 Å². The summed E-state index contributed by atoms with van der Waals surface area (Å²) in [4.78, 5) is 12.8. The molecule has 0 spiro atoms. The molecule has 0 aromatic carbocycles. The van der Waals surface area contributed by atoms with Crippen LogP contribution >= 0.6 is 0 Å². The Balaban J connectivity index is 0.000000191. The summed E-state index contributed by atoms with van der Waals surface area (Å²) in [5.74, 6) is 0. The number of nitrogens with two attached hydrogens (primary N) is 1. The van der Waals surface area contributed by atoms with Gasteiger partial charge in [0.1, 0.15) is 0 Å². The minimum absolute atomic E-state index is 0. The van der Waals surface area contributed by atoms with E-state index in [1.165, 1.54) is 0 Å².